The molecule has 0 aliphatic carbocycles. The first-order valence-electron chi connectivity index (χ1n) is 7.82. The molecule has 1 atom stereocenters. The fraction of sp³-hybridized carbons (Fsp3) is 0.167. The average Bonchev–Trinajstić information content (AvgIpc) is 2.82. The normalized spacial score (nSPS) is 17.0. The maximum absolute atomic E-state index is 13.1. The van der Waals surface area contributed by atoms with Gasteiger partial charge in [-0.1, -0.05) is 15.9 Å². The van der Waals surface area contributed by atoms with Crippen molar-refractivity contribution in [3.8, 4) is 0 Å². The molecule has 1 aliphatic heterocycles. The van der Waals surface area contributed by atoms with Crippen molar-refractivity contribution >= 4 is 45.2 Å². The van der Waals surface area contributed by atoms with Crippen LogP contribution in [-0.2, 0) is 9.59 Å². The molecule has 2 aromatic carbocycles. The number of hydrogen-bond acceptors (Lipinski definition) is 3. The summed E-state index contributed by atoms with van der Waals surface area (Å²) in [5.41, 5.74) is 0.953. The summed E-state index contributed by atoms with van der Waals surface area (Å²) in [7, 11) is 0. The molecule has 0 spiro atoms. The van der Waals surface area contributed by atoms with Gasteiger partial charge in [0.15, 0.2) is 0 Å². The summed E-state index contributed by atoms with van der Waals surface area (Å²) in [6, 6.07) is 10.8. The molecule has 1 unspecified atom stereocenters. The standard InChI is InChI=1S/C18H15BrFN3O3/c1-11-17(25)22(10-16(24)21-14-6-2-12(19)3-7-14)18(26)23(11)15-8-4-13(20)5-9-15/h2-9,11H,10H2,1H3,(H,21,24). The Balaban J connectivity index is 1.72. The third-order valence-corrected chi connectivity index (χ3v) is 4.51. The summed E-state index contributed by atoms with van der Waals surface area (Å²) in [5.74, 6) is -1.41. The highest BCUT2D eigenvalue weighted by Crippen LogP contribution is 2.26. The molecule has 0 aromatic heterocycles. The van der Waals surface area contributed by atoms with Crippen LogP contribution in [-0.4, -0.2) is 35.3 Å². The quantitative estimate of drug-likeness (QED) is 0.772. The van der Waals surface area contributed by atoms with Crippen molar-refractivity contribution in [3.63, 3.8) is 0 Å². The van der Waals surface area contributed by atoms with Crippen molar-refractivity contribution in [2.45, 2.75) is 13.0 Å². The van der Waals surface area contributed by atoms with Gasteiger partial charge in [-0.05, 0) is 55.5 Å². The van der Waals surface area contributed by atoms with Crippen molar-refractivity contribution in [1.82, 2.24) is 4.90 Å². The third-order valence-electron chi connectivity index (χ3n) is 3.98. The lowest BCUT2D eigenvalue weighted by molar-refractivity contribution is -0.130. The van der Waals surface area contributed by atoms with E-state index in [1.54, 1.807) is 31.2 Å². The maximum atomic E-state index is 13.1. The first-order chi connectivity index (χ1) is 12.4. The molecular formula is C18H15BrFN3O3. The fourth-order valence-corrected chi connectivity index (χ4v) is 2.95. The molecule has 0 saturated carbocycles. The molecule has 6 nitrogen and oxygen atoms in total. The largest absolute Gasteiger partial charge is 0.332 e. The molecule has 26 heavy (non-hydrogen) atoms. The number of hydrogen-bond donors (Lipinski definition) is 1. The predicted molar refractivity (Wildman–Crippen MR) is 98.2 cm³/mol. The summed E-state index contributed by atoms with van der Waals surface area (Å²) in [4.78, 5) is 39.3. The lowest BCUT2D eigenvalue weighted by Crippen LogP contribution is -2.39. The predicted octanol–water partition coefficient (Wildman–Crippen LogP) is 3.38. The molecule has 1 heterocycles. The summed E-state index contributed by atoms with van der Waals surface area (Å²) in [5, 5.41) is 2.64. The monoisotopic (exact) mass is 419 g/mol. The Bertz CT molecular complexity index is 855. The fourth-order valence-electron chi connectivity index (χ4n) is 2.68. The van der Waals surface area contributed by atoms with E-state index in [1.807, 2.05) is 0 Å². The second-order valence-electron chi connectivity index (χ2n) is 5.78. The molecule has 4 amide bonds. The van der Waals surface area contributed by atoms with Crippen LogP contribution in [0.1, 0.15) is 6.92 Å². The van der Waals surface area contributed by atoms with E-state index in [0.717, 1.165) is 9.37 Å². The zero-order chi connectivity index (χ0) is 18.8. The van der Waals surface area contributed by atoms with Crippen LogP contribution in [0.3, 0.4) is 0 Å². The maximum Gasteiger partial charge on any atom is 0.332 e. The number of anilines is 2. The zero-order valence-corrected chi connectivity index (χ0v) is 15.4. The number of imide groups is 1. The second-order valence-corrected chi connectivity index (χ2v) is 6.70. The molecule has 134 valence electrons. The van der Waals surface area contributed by atoms with Gasteiger partial charge in [-0.15, -0.1) is 0 Å². The van der Waals surface area contributed by atoms with Crippen LogP contribution >= 0.6 is 15.9 Å². The number of halogens is 2. The van der Waals surface area contributed by atoms with Gasteiger partial charge in [0.25, 0.3) is 5.91 Å². The summed E-state index contributed by atoms with van der Waals surface area (Å²) < 4.78 is 14.0. The van der Waals surface area contributed by atoms with Crippen molar-refractivity contribution < 1.29 is 18.8 Å². The highest BCUT2D eigenvalue weighted by Gasteiger charge is 2.44. The number of rotatable bonds is 4. The van der Waals surface area contributed by atoms with Gasteiger partial charge in [0.1, 0.15) is 18.4 Å². The molecule has 1 fully saturated rings. The van der Waals surface area contributed by atoms with E-state index in [1.165, 1.54) is 29.2 Å². The van der Waals surface area contributed by atoms with E-state index >= 15 is 0 Å². The Morgan fingerprint density at radius 3 is 2.35 bits per heavy atom. The lowest BCUT2D eigenvalue weighted by atomic mass is 10.2. The van der Waals surface area contributed by atoms with E-state index in [2.05, 4.69) is 21.2 Å². The van der Waals surface area contributed by atoms with E-state index < -0.39 is 36.2 Å². The molecule has 2 aromatic rings. The Labute approximate surface area is 157 Å². The van der Waals surface area contributed by atoms with Gasteiger partial charge in [0.05, 0.1) is 0 Å². The van der Waals surface area contributed by atoms with E-state index in [4.69, 9.17) is 0 Å². The Morgan fingerprint density at radius 2 is 1.73 bits per heavy atom. The number of amides is 4. The Kier molecular flexibility index (Phi) is 5.03. The minimum atomic E-state index is -0.770. The summed E-state index contributed by atoms with van der Waals surface area (Å²) in [6.45, 7) is 1.17. The van der Waals surface area contributed by atoms with Gasteiger partial charge in [-0.25, -0.2) is 9.18 Å². The van der Waals surface area contributed by atoms with Crippen LogP contribution in [0.15, 0.2) is 53.0 Å². The van der Waals surface area contributed by atoms with E-state index in [0.29, 0.717) is 11.4 Å². The SMILES string of the molecule is CC1C(=O)N(CC(=O)Nc2ccc(Br)cc2)C(=O)N1c1ccc(F)cc1. The molecular weight excluding hydrogens is 405 g/mol. The topological polar surface area (TPSA) is 69.7 Å². The summed E-state index contributed by atoms with van der Waals surface area (Å²) >= 11 is 3.30. The van der Waals surface area contributed by atoms with Gasteiger partial charge in [-0.2, -0.15) is 0 Å². The third kappa shape index (κ3) is 3.60. The minimum Gasteiger partial charge on any atom is -0.325 e. The van der Waals surface area contributed by atoms with Gasteiger partial charge in [0.2, 0.25) is 5.91 Å². The van der Waals surface area contributed by atoms with Crippen LogP contribution in [0, 0.1) is 5.82 Å². The van der Waals surface area contributed by atoms with Gasteiger partial charge < -0.3 is 5.32 Å². The van der Waals surface area contributed by atoms with Crippen molar-refractivity contribution in [2.24, 2.45) is 0 Å². The van der Waals surface area contributed by atoms with Crippen LogP contribution in [0.25, 0.3) is 0 Å². The smallest absolute Gasteiger partial charge is 0.325 e. The Morgan fingerprint density at radius 1 is 1.12 bits per heavy atom. The van der Waals surface area contributed by atoms with Crippen LogP contribution < -0.4 is 10.2 Å². The molecule has 0 bridgehead atoms. The van der Waals surface area contributed by atoms with Gasteiger partial charge in [0, 0.05) is 15.8 Å². The number of carbonyl (C=O) groups excluding carboxylic acids is 3. The number of benzene rings is 2. The number of urea groups is 1. The number of nitrogens with zero attached hydrogens (tertiary/aromatic N) is 2. The number of nitrogens with one attached hydrogen (secondary N) is 1. The minimum absolute atomic E-state index is 0.393. The Hall–Kier alpha value is -2.74. The molecule has 1 saturated heterocycles. The van der Waals surface area contributed by atoms with Crippen LogP contribution in [0.4, 0.5) is 20.6 Å². The molecule has 3 rings (SSSR count). The van der Waals surface area contributed by atoms with E-state index in [9.17, 15) is 18.8 Å². The molecule has 8 heteroatoms. The molecule has 1 N–H and O–H groups in total. The first-order valence-corrected chi connectivity index (χ1v) is 8.61. The van der Waals surface area contributed by atoms with Crippen molar-refractivity contribution in [1.29, 1.82) is 0 Å². The van der Waals surface area contributed by atoms with Crippen LogP contribution in [0.2, 0.25) is 0 Å². The zero-order valence-electron chi connectivity index (χ0n) is 13.8. The van der Waals surface area contributed by atoms with Gasteiger partial charge >= 0.3 is 6.03 Å². The van der Waals surface area contributed by atoms with Crippen molar-refractivity contribution in [2.75, 3.05) is 16.8 Å². The first kappa shape index (κ1) is 18.1. The highest BCUT2D eigenvalue weighted by molar-refractivity contribution is 9.10. The highest BCUT2D eigenvalue weighted by atomic mass is 79.9. The summed E-state index contributed by atoms with van der Waals surface area (Å²) in [6.07, 6.45) is 0. The lowest BCUT2D eigenvalue weighted by Gasteiger charge is -2.19. The molecule has 1 aliphatic rings. The average molecular weight is 420 g/mol. The van der Waals surface area contributed by atoms with Gasteiger partial charge in [-0.3, -0.25) is 19.4 Å². The number of carbonyl (C=O) groups is 3. The second kappa shape index (κ2) is 7.25. The molecule has 0 radical (unpaired) electrons. The van der Waals surface area contributed by atoms with Crippen LogP contribution in [0.5, 0.6) is 0 Å². The van der Waals surface area contributed by atoms with Crippen molar-refractivity contribution in [3.05, 3.63) is 58.8 Å². The van der Waals surface area contributed by atoms with E-state index in [-0.39, 0.29) is 0 Å².